The molecule has 0 radical (unpaired) electrons. The van der Waals surface area contributed by atoms with Crippen LogP contribution in [0.4, 0.5) is 0 Å². The van der Waals surface area contributed by atoms with E-state index in [1.807, 2.05) is 0 Å². The molecule has 1 heteroatoms. The third-order valence-corrected chi connectivity index (χ3v) is 5.35. The van der Waals surface area contributed by atoms with E-state index in [1.165, 1.54) is 89.9 Å². The van der Waals surface area contributed by atoms with Crippen molar-refractivity contribution in [3.05, 3.63) is 0 Å². The van der Waals surface area contributed by atoms with Crippen LogP contribution in [-0.4, -0.2) is 6.04 Å². The average Bonchev–Trinajstić information content (AvgIpc) is 2.49. The predicted octanol–water partition coefficient (Wildman–Crippen LogP) is 6.06. The first-order chi connectivity index (χ1) is 9.77. The Labute approximate surface area is 128 Å². The van der Waals surface area contributed by atoms with Gasteiger partial charge in [0, 0.05) is 6.04 Å². The zero-order valence-electron chi connectivity index (χ0n) is 14.2. The second kappa shape index (κ2) is 11.6. The molecule has 0 saturated heterocycles. The minimum atomic E-state index is 0.494. The van der Waals surface area contributed by atoms with Gasteiger partial charge in [-0.05, 0) is 31.1 Å². The van der Waals surface area contributed by atoms with Gasteiger partial charge in [-0.15, -0.1) is 0 Å². The first-order valence-corrected chi connectivity index (χ1v) is 9.53. The Morgan fingerprint density at radius 2 is 1.40 bits per heavy atom. The standard InChI is InChI=1S/C19H39N/c1-3-5-7-8-9-10-12-19(20)18-15-13-17(14-16-18)11-6-4-2/h17-19H,3-16,20H2,1-2H3. The van der Waals surface area contributed by atoms with Crippen molar-refractivity contribution in [1.29, 1.82) is 0 Å². The first-order valence-electron chi connectivity index (χ1n) is 9.53. The fourth-order valence-corrected chi connectivity index (χ4v) is 3.79. The monoisotopic (exact) mass is 281 g/mol. The summed E-state index contributed by atoms with van der Waals surface area (Å²) in [6, 6.07) is 0.494. The van der Waals surface area contributed by atoms with E-state index in [4.69, 9.17) is 5.73 Å². The van der Waals surface area contributed by atoms with Gasteiger partial charge < -0.3 is 5.73 Å². The summed E-state index contributed by atoms with van der Waals surface area (Å²) in [5, 5.41) is 0. The highest BCUT2D eigenvalue weighted by atomic mass is 14.6. The summed E-state index contributed by atoms with van der Waals surface area (Å²) >= 11 is 0. The second-order valence-electron chi connectivity index (χ2n) is 7.14. The summed E-state index contributed by atoms with van der Waals surface area (Å²) in [6.45, 7) is 4.59. The van der Waals surface area contributed by atoms with E-state index in [2.05, 4.69) is 13.8 Å². The molecule has 0 aromatic carbocycles. The molecule has 1 saturated carbocycles. The van der Waals surface area contributed by atoms with E-state index in [9.17, 15) is 0 Å². The highest BCUT2D eigenvalue weighted by Gasteiger charge is 2.24. The van der Waals surface area contributed by atoms with Crippen LogP contribution in [0.1, 0.15) is 104 Å². The normalized spacial score (nSPS) is 24.8. The fraction of sp³-hybridized carbons (Fsp3) is 1.00. The summed E-state index contributed by atoms with van der Waals surface area (Å²) in [6.07, 6.45) is 19.6. The SMILES string of the molecule is CCCCCCCCC(N)C1CCC(CCCC)CC1. The zero-order valence-corrected chi connectivity index (χ0v) is 14.2. The molecule has 0 aromatic rings. The van der Waals surface area contributed by atoms with Gasteiger partial charge in [-0.3, -0.25) is 0 Å². The van der Waals surface area contributed by atoms with Crippen LogP contribution in [0.5, 0.6) is 0 Å². The van der Waals surface area contributed by atoms with Gasteiger partial charge >= 0.3 is 0 Å². The summed E-state index contributed by atoms with van der Waals surface area (Å²) in [7, 11) is 0. The smallest absolute Gasteiger partial charge is 0.00671 e. The third-order valence-electron chi connectivity index (χ3n) is 5.35. The number of hydrogen-bond donors (Lipinski definition) is 1. The lowest BCUT2D eigenvalue weighted by molar-refractivity contribution is 0.224. The predicted molar refractivity (Wildman–Crippen MR) is 90.9 cm³/mol. The maximum Gasteiger partial charge on any atom is 0.00671 e. The fourth-order valence-electron chi connectivity index (χ4n) is 3.79. The Hall–Kier alpha value is -0.0400. The lowest BCUT2D eigenvalue weighted by Crippen LogP contribution is -2.33. The van der Waals surface area contributed by atoms with Crippen molar-refractivity contribution in [1.82, 2.24) is 0 Å². The van der Waals surface area contributed by atoms with Gasteiger partial charge in [0.15, 0.2) is 0 Å². The van der Waals surface area contributed by atoms with E-state index in [1.54, 1.807) is 0 Å². The molecule has 0 aliphatic heterocycles. The van der Waals surface area contributed by atoms with Gasteiger partial charge in [0.1, 0.15) is 0 Å². The van der Waals surface area contributed by atoms with E-state index in [0.29, 0.717) is 6.04 Å². The van der Waals surface area contributed by atoms with Gasteiger partial charge in [-0.2, -0.15) is 0 Å². The van der Waals surface area contributed by atoms with Crippen LogP contribution in [-0.2, 0) is 0 Å². The van der Waals surface area contributed by atoms with Crippen LogP contribution in [0, 0.1) is 11.8 Å². The summed E-state index contributed by atoms with van der Waals surface area (Å²) in [5.41, 5.74) is 6.43. The number of rotatable bonds is 11. The topological polar surface area (TPSA) is 26.0 Å². The number of nitrogens with two attached hydrogens (primary N) is 1. The molecule has 0 bridgehead atoms. The molecular weight excluding hydrogens is 242 g/mol. The third kappa shape index (κ3) is 7.67. The van der Waals surface area contributed by atoms with Crippen molar-refractivity contribution in [2.24, 2.45) is 17.6 Å². The van der Waals surface area contributed by atoms with E-state index in [0.717, 1.165) is 11.8 Å². The Morgan fingerprint density at radius 3 is 2.05 bits per heavy atom. The number of hydrogen-bond acceptors (Lipinski definition) is 1. The van der Waals surface area contributed by atoms with Crippen LogP contribution in [0.25, 0.3) is 0 Å². The molecule has 1 nitrogen and oxygen atoms in total. The van der Waals surface area contributed by atoms with Crippen LogP contribution in [0.15, 0.2) is 0 Å². The molecule has 20 heavy (non-hydrogen) atoms. The Bertz CT molecular complexity index is 206. The van der Waals surface area contributed by atoms with Gasteiger partial charge in [0.05, 0.1) is 0 Å². The molecule has 0 aromatic heterocycles. The molecule has 1 aliphatic rings. The van der Waals surface area contributed by atoms with Crippen molar-refractivity contribution in [3.8, 4) is 0 Å². The van der Waals surface area contributed by atoms with Crippen LogP contribution >= 0.6 is 0 Å². The van der Waals surface area contributed by atoms with Crippen molar-refractivity contribution < 1.29 is 0 Å². The molecule has 1 unspecified atom stereocenters. The summed E-state index contributed by atoms with van der Waals surface area (Å²) in [4.78, 5) is 0. The van der Waals surface area contributed by atoms with Crippen molar-refractivity contribution in [2.75, 3.05) is 0 Å². The molecule has 1 fully saturated rings. The minimum absolute atomic E-state index is 0.494. The quantitative estimate of drug-likeness (QED) is 0.458. The lowest BCUT2D eigenvalue weighted by Gasteiger charge is -2.32. The Morgan fingerprint density at radius 1 is 0.800 bits per heavy atom. The summed E-state index contributed by atoms with van der Waals surface area (Å²) in [5.74, 6) is 1.86. The van der Waals surface area contributed by atoms with E-state index < -0.39 is 0 Å². The largest absolute Gasteiger partial charge is 0.327 e. The van der Waals surface area contributed by atoms with Gasteiger partial charge in [0.25, 0.3) is 0 Å². The van der Waals surface area contributed by atoms with Crippen LogP contribution in [0.2, 0.25) is 0 Å². The van der Waals surface area contributed by atoms with Gasteiger partial charge in [0.2, 0.25) is 0 Å². The zero-order chi connectivity index (χ0) is 14.6. The Balaban J connectivity index is 2.02. The Kier molecular flexibility index (Phi) is 10.4. The highest BCUT2D eigenvalue weighted by molar-refractivity contribution is 4.79. The minimum Gasteiger partial charge on any atom is -0.327 e. The highest BCUT2D eigenvalue weighted by Crippen LogP contribution is 2.34. The van der Waals surface area contributed by atoms with Gasteiger partial charge in [-0.25, -0.2) is 0 Å². The van der Waals surface area contributed by atoms with Crippen LogP contribution < -0.4 is 5.73 Å². The molecule has 1 rings (SSSR count). The number of unbranched alkanes of at least 4 members (excludes halogenated alkanes) is 6. The van der Waals surface area contributed by atoms with E-state index >= 15 is 0 Å². The lowest BCUT2D eigenvalue weighted by atomic mass is 9.76. The first kappa shape index (κ1) is 18.0. The van der Waals surface area contributed by atoms with Crippen molar-refractivity contribution in [3.63, 3.8) is 0 Å². The van der Waals surface area contributed by atoms with Crippen molar-refractivity contribution >= 4 is 0 Å². The van der Waals surface area contributed by atoms with Gasteiger partial charge in [-0.1, -0.05) is 84.5 Å². The molecule has 120 valence electrons. The maximum atomic E-state index is 6.43. The molecule has 0 heterocycles. The maximum absolute atomic E-state index is 6.43. The summed E-state index contributed by atoms with van der Waals surface area (Å²) < 4.78 is 0. The molecule has 0 spiro atoms. The molecule has 1 atom stereocenters. The van der Waals surface area contributed by atoms with E-state index in [-0.39, 0.29) is 0 Å². The molecule has 0 amide bonds. The molecule has 2 N–H and O–H groups in total. The second-order valence-corrected chi connectivity index (χ2v) is 7.14. The molecular formula is C19H39N. The van der Waals surface area contributed by atoms with Crippen LogP contribution in [0.3, 0.4) is 0 Å². The average molecular weight is 282 g/mol. The van der Waals surface area contributed by atoms with Crippen molar-refractivity contribution in [2.45, 2.75) is 110 Å². The molecule has 1 aliphatic carbocycles.